The van der Waals surface area contributed by atoms with E-state index in [2.05, 4.69) is 0 Å². The smallest absolute Gasteiger partial charge is 0.190 e. The molecule has 3 aliphatic rings. The Morgan fingerprint density at radius 2 is 1.39 bits per heavy atom. The zero-order valence-corrected chi connectivity index (χ0v) is 11.1. The Labute approximate surface area is 106 Å². The third kappa shape index (κ3) is 1.97. The minimum atomic E-state index is -0.708. The van der Waals surface area contributed by atoms with Gasteiger partial charge in [0.2, 0.25) is 0 Å². The number of hydrogen-bond acceptors (Lipinski definition) is 6. The summed E-state index contributed by atoms with van der Waals surface area (Å²) in [6, 6.07) is 0. The largest absolute Gasteiger partial charge is 0.394 e. The highest BCUT2D eigenvalue weighted by Gasteiger charge is 2.60. The molecule has 0 bridgehead atoms. The number of aliphatic hydroxyl groups is 1. The number of aliphatic hydroxyl groups excluding tert-OH is 1. The van der Waals surface area contributed by atoms with Crippen molar-refractivity contribution < 1.29 is 28.8 Å². The van der Waals surface area contributed by atoms with Gasteiger partial charge in [-0.15, -0.1) is 0 Å². The molecule has 18 heavy (non-hydrogen) atoms. The molecule has 5 atom stereocenters. The molecule has 0 spiro atoms. The van der Waals surface area contributed by atoms with E-state index in [0.717, 1.165) is 0 Å². The number of rotatable bonds is 1. The first-order valence-electron chi connectivity index (χ1n) is 6.29. The number of hydrogen-bond donors (Lipinski definition) is 1. The summed E-state index contributed by atoms with van der Waals surface area (Å²) >= 11 is 0. The van der Waals surface area contributed by atoms with Gasteiger partial charge in [0.1, 0.15) is 24.4 Å². The second kappa shape index (κ2) is 3.88. The molecular formula is C12H20O6. The zero-order valence-electron chi connectivity index (χ0n) is 11.1. The van der Waals surface area contributed by atoms with Crippen molar-refractivity contribution in [1.82, 2.24) is 0 Å². The van der Waals surface area contributed by atoms with Crippen molar-refractivity contribution in [3.05, 3.63) is 0 Å². The summed E-state index contributed by atoms with van der Waals surface area (Å²) in [5.74, 6) is -1.41. The fourth-order valence-electron chi connectivity index (χ4n) is 2.84. The van der Waals surface area contributed by atoms with E-state index in [0.29, 0.717) is 0 Å². The van der Waals surface area contributed by atoms with E-state index >= 15 is 0 Å². The lowest BCUT2D eigenvalue weighted by Gasteiger charge is -2.36. The maximum Gasteiger partial charge on any atom is 0.190 e. The lowest BCUT2D eigenvalue weighted by molar-refractivity contribution is -0.240. The van der Waals surface area contributed by atoms with Crippen LogP contribution in [0.4, 0.5) is 0 Å². The Morgan fingerprint density at radius 1 is 0.833 bits per heavy atom. The fourth-order valence-corrected chi connectivity index (χ4v) is 2.84. The molecule has 0 aromatic heterocycles. The molecule has 0 amide bonds. The van der Waals surface area contributed by atoms with Crippen molar-refractivity contribution in [1.29, 1.82) is 0 Å². The van der Waals surface area contributed by atoms with Gasteiger partial charge in [0.15, 0.2) is 17.9 Å². The first-order chi connectivity index (χ1) is 8.31. The first kappa shape index (κ1) is 12.8. The Bertz CT molecular complexity index is 341. The van der Waals surface area contributed by atoms with Crippen LogP contribution in [0.1, 0.15) is 27.7 Å². The molecule has 3 aliphatic heterocycles. The average Bonchev–Trinajstić information content (AvgIpc) is 2.71. The van der Waals surface area contributed by atoms with E-state index in [9.17, 15) is 5.11 Å². The summed E-state index contributed by atoms with van der Waals surface area (Å²) in [5.41, 5.74) is 0. The van der Waals surface area contributed by atoms with Crippen molar-refractivity contribution in [3.8, 4) is 0 Å². The van der Waals surface area contributed by atoms with Crippen LogP contribution in [0.3, 0.4) is 0 Å². The van der Waals surface area contributed by atoms with Crippen LogP contribution < -0.4 is 0 Å². The van der Waals surface area contributed by atoms with Gasteiger partial charge in [-0.1, -0.05) is 0 Å². The Balaban J connectivity index is 1.86. The fraction of sp³-hybridized carbons (Fsp3) is 1.00. The van der Waals surface area contributed by atoms with Crippen molar-refractivity contribution >= 4 is 0 Å². The van der Waals surface area contributed by atoms with E-state index in [1.807, 2.05) is 27.7 Å². The predicted molar refractivity (Wildman–Crippen MR) is 59.6 cm³/mol. The molecule has 3 rings (SSSR count). The van der Waals surface area contributed by atoms with Crippen LogP contribution in [0.5, 0.6) is 0 Å². The maximum absolute atomic E-state index is 9.40. The Kier molecular flexibility index (Phi) is 2.75. The predicted octanol–water partition coefficient (Wildman–Crippen LogP) is 0.375. The van der Waals surface area contributed by atoms with Crippen molar-refractivity contribution in [2.45, 2.75) is 70.0 Å². The Hall–Kier alpha value is -0.240. The van der Waals surface area contributed by atoms with Gasteiger partial charge in [-0.3, -0.25) is 0 Å². The molecule has 0 aromatic carbocycles. The topological polar surface area (TPSA) is 66.4 Å². The first-order valence-corrected chi connectivity index (χ1v) is 6.29. The third-order valence-electron chi connectivity index (χ3n) is 3.43. The van der Waals surface area contributed by atoms with Gasteiger partial charge in [-0.25, -0.2) is 0 Å². The van der Waals surface area contributed by atoms with E-state index in [1.165, 1.54) is 0 Å². The van der Waals surface area contributed by atoms with Gasteiger partial charge >= 0.3 is 0 Å². The second-order valence-corrected chi connectivity index (χ2v) is 5.89. The molecular weight excluding hydrogens is 240 g/mol. The molecule has 0 aromatic rings. The Morgan fingerprint density at radius 3 is 2.06 bits per heavy atom. The summed E-state index contributed by atoms with van der Waals surface area (Å²) in [5, 5.41) is 9.40. The van der Waals surface area contributed by atoms with Gasteiger partial charge in [0.25, 0.3) is 0 Å². The SMILES string of the molecule is CC1(C)O[C@@H]2[C@@H](O1)[C@H](CO)O[C@H]1OC(C)(C)O[C@@H]12. The van der Waals surface area contributed by atoms with Crippen molar-refractivity contribution in [2.24, 2.45) is 0 Å². The van der Waals surface area contributed by atoms with Crippen LogP contribution in [-0.4, -0.2) is 54.0 Å². The van der Waals surface area contributed by atoms with E-state index in [-0.39, 0.29) is 24.9 Å². The quantitative estimate of drug-likeness (QED) is 0.735. The van der Waals surface area contributed by atoms with Crippen LogP contribution in [-0.2, 0) is 23.7 Å². The van der Waals surface area contributed by atoms with E-state index in [4.69, 9.17) is 23.7 Å². The average molecular weight is 260 g/mol. The molecule has 0 unspecified atom stereocenters. The van der Waals surface area contributed by atoms with Crippen LogP contribution >= 0.6 is 0 Å². The molecule has 1 N–H and O–H groups in total. The third-order valence-corrected chi connectivity index (χ3v) is 3.43. The molecule has 0 aliphatic carbocycles. The van der Waals surface area contributed by atoms with Gasteiger partial charge in [0, 0.05) is 0 Å². The molecule has 6 heteroatoms. The van der Waals surface area contributed by atoms with Gasteiger partial charge in [-0.2, -0.15) is 0 Å². The van der Waals surface area contributed by atoms with Crippen molar-refractivity contribution in [2.75, 3.05) is 6.61 Å². The summed E-state index contributed by atoms with van der Waals surface area (Å²) in [6.45, 7) is 7.22. The van der Waals surface area contributed by atoms with Crippen LogP contribution in [0.2, 0.25) is 0 Å². The number of ether oxygens (including phenoxy) is 5. The molecule has 3 fully saturated rings. The summed E-state index contributed by atoms with van der Waals surface area (Å²) in [7, 11) is 0. The van der Waals surface area contributed by atoms with Gasteiger partial charge in [-0.05, 0) is 27.7 Å². The monoisotopic (exact) mass is 260 g/mol. The lowest BCUT2D eigenvalue weighted by Crippen LogP contribution is -2.56. The molecule has 104 valence electrons. The molecule has 6 nitrogen and oxygen atoms in total. The van der Waals surface area contributed by atoms with Gasteiger partial charge in [0.05, 0.1) is 6.61 Å². The molecule has 0 radical (unpaired) electrons. The zero-order chi connectivity index (χ0) is 13.1. The molecule has 3 heterocycles. The van der Waals surface area contributed by atoms with Gasteiger partial charge < -0.3 is 28.8 Å². The molecule has 0 saturated carbocycles. The second-order valence-electron chi connectivity index (χ2n) is 5.89. The minimum Gasteiger partial charge on any atom is -0.394 e. The van der Waals surface area contributed by atoms with Crippen LogP contribution in [0.15, 0.2) is 0 Å². The highest BCUT2D eigenvalue weighted by molar-refractivity contribution is 4.99. The highest BCUT2D eigenvalue weighted by atomic mass is 16.9. The maximum atomic E-state index is 9.40. The van der Waals surface area contributed by atoms with Crippen LogP contribution in [0.25, 0.3) is 0 Å². The highest BCUT2D eigenvalue weighted by Crippen LogP contribution is 2.43. The van der Waals surface area contributed by atoms with E-state index < -0.39 is 24.0 Å². The number of fused-ring (bicyclic) bond motifs is 3. The molecule has 3 saturated heterocycles. The lowest BCUT2D eigenvalue weighted by atomic mass is 9.99. The normalized spacial score (nSPS) is 48.8. The van der Waals surface area contributed by atoms with E-state index in [1.54, 1.807) is 0 Å². The van der Waals surface area contributed by atoms with Crippen molar-refractivity contribution in [3.63, 3.8) is 0 Å². The standard InChI is InChI=1S/C12H20O6/c1-11(2)15-7-6(5-13)14-10-9(8(7)16-11)17-12(3,4)18-10/h6-10,13H,5H2,1-4H3/t6-,7-,8+,9+,10-/m0/s1. The summed E-state index contributed by atoms with van der Waals surface area (Å²) in [6.07, 6.45) is -1.90. The summed E-state index contributed by atoms with van der Waals surface area (Å²) < 4.78 is 28.9. The van der Waals surface area contributed by atoms with Crippen LogP contribution in [0, 0.1) is 0 Å². The summed E-state index contributed by atoms with van der Waals surface area (Å²) in [4.78, 5) is 0. The minimum absolute atomic E-state index is 0.131.